The van der Waals surface area contributed by atoms with Crippen LogP contribution in [0, 0.1) is 11.6 Å². The second-order valence-electron chi connectivity index (χ2n) is 3.75. The average molecular weight is 364 g/mol. The van der Waals surface area contributed by atoms with Gasteiger partial charge in [0.2, 0.25) is 0 Å². The van der Waals surface area contributed by atoms with Gasteiger partial charge in [0, 0.05) is 5.02 Å². The molecule has 104 valence electrons. The summed E-state index contributed by atoms with van der Waals surface area (Å²) in [5.74, 6) is -4.18. The van der Waals surface area contributed by atoms with E-state index >= 15 is 0 Å². The number of hydrogen-bond acceptors (Lipinski definition) is 2. The third-order valence-corrected chi connectivity index (χ3v) is 3.21. The van der Waals surface area contributed by atoms with Crippen LogP contribution in [-0.2, 0) is 0 Å². The van der Waals surface area contributed by atoms with Crippen LogP contribution in [0.1, 0.15) is 10.4 Å². The fraction of sp³-hybridized carbons (Fsp3) is 0. The van der Waals surface area contributed by atoms with E-state index in [1.807, 2.05) is 0 Å². The minimum atomic E-state index is -1.43. The zero-order chi connectivity index (χ0) is 14.9. The highest BCUT2D eigenvalue weighted by atomic mass is 79.9. The molecule has 0 bridgehead atoms. The van der Waals surface area contributed by atoms with Crippen molar-refractivity contribution in [2.24, 2.45) is 0 Å². The summed E-state index contributed by atoms with van der Waals surface area (Å²) >= 11 is 8.88. The van der Waals surface area contributed by atoms with E-state index in [2.05, 4.69) is 15.9 Å². The van der Waals surface area contributed by atoms with Crippen LogP contribution in [0.3, 0.4) is 0 Å². The molecular formula is C13H6BrClF2O3. The summed E-state index contributed by atoms with van der Waals surface area (Å²) in [6.07, 6.45) is 0. The first-order chi connectivity index (χ1) is 9.38. The summed E-state index contributed by atoms with van der Waals surface area (Å²) < 4.78 is 32.9. The molecule has 7 heteroatoms. The normalized spacial score (nSPS) is 10.4. The van der Waals surface area contributed by atoms with E-state index in [0.717, 1.165) is 0 Å². The minimum absolute atomic E-state index is 0.148. The summed E-state index contributed by atoms with van der Waals surface area (Å²) in [5, 5.41) is 9.12. The fourth-order valence-electron chi connectivity index (χ4n) is 1.45. The summed E-state index contributed by atoms with van der Waals surface area (Å²) in [6, 6.07) is 5.78. The van der Waals surface area contributed by atoms with E-state index in [9.17, 15) is 13.6 Å². The standard InChI is InChI=1S/C13H6BrClF2O3/c14-8-5-7(15)1-2-11(8)20-12-9(16)3-6(13(18)19)4-10(12)17/h1-5H,(H,18,19). The van der Waals surface area contributed by atoms with Crippen molar-refractivity contribution >= 4 is 33.5 Å². The molecule has 3 nitrogen and oxygen atoms in total. The van der Waals surface area contributed by atoms with Crippen LogP contribution in [-0.4, -0.2) is 11.1 Å². The molecule has 0 spiro atoms. The molecule has 0 aromatic heterocycles. The Morgan fingerprint density at radius 1 is 1.20 bits per heavy atom. The number of carboxylic acid groups (broad SMARTS) is 1. The molecule has 0 aliphatic carbocycles. The smallest absolute Gasteiger partial charge is 0.335 e. The third kappa shape index (κ3) is 3.08. The molecule has 0 atom stereocenters. The van der Waals surface area contributed by atoms with Crippen molar-refractivity contribution in [1.82, 2.24) is 0 Å². The van der Waals surface area contributed by atoms with Crippen molar-refractivity contribution in [3.8, 4) is 11.5 Å². The van der Waals surface area contributed by atoms with Gasteiger partial charge in [-0.15, -0.1) is 0 Å². The third-order valence-electron chi connectivity index (χ3n) is 2.35. The molecule has 20 heavy (non-hydrogen) atoms. The van der Waals surface area contributed by atoms with E-state index in [0.29, 0.717) is 21.6 Å². The summed E-state index contributed by atoms with van der Waals surface area (Å²) in [7, 11) is 0. The number of carboxylic acids is 1. The Bertz CT molecular complexity index is 668. The lowest BCUT2D eigenvalue weighted by atomic mass is 10.2. The highest BCUT2D eigenvalue weighted by Gasteiger charge is 2.17. The van der Waals surface area contributed by atoms with E-state index in [4.69, 9.17) is 21.4 Å². The number of benzene rings is 2. The fourth-order valence-corrected chi connectivity index (χ4v) is 2.21. The van der Waals surface area contributed by atoms with Gasteiger partial charge in [-0.05, 0) is 46.3 Å². The molecule has 0 aliphatic heterocycles. The molecule has 0 fully saturated rings. The molecular weight excluding hydrogens is 357 g/mol. The van der Waals surface area contributed by atoms with E-state index in [1.165, 1.54) is 18.2 Å². The van der Waals surface area contributed by atoms with Gasteiger partial charge in [-0.2, -0.15) is 0 Å². The number of halogens is 4. The topological polar surface area (TPSA) is 46.5 Å². The van der Waals surface area contributed by atoms with Crippen LogP contribution in [0.4, 0.5) is 8.78 Å². The lowest BCUT2D eigenvalue weighted by molar-refractivity contribution is 0.0695. The number of rotatable bonds is 3. The Labute approximate surface area is 125 Å². The van der Waals surface area contributed by atoms with Crippen molar-refractivity contribution in [2.75, 3.05) is 0 Å². The zero-order valence-electron chi connectivity index (χ0n) is 9.66. The Balaban J connectivity index is 2.41. The summed E-state index contributed by atoms with van der Waals surface area (Å²) in [5.41, 5.74) is -0.498. The number of hydrogen-bond donors (Lipinski definition) is 1. The van der Waals surface area contributed by atoms with Gasteiger partial charge in [-0.1, -0.05) is 11.6 Å². The molecule has 0 aliphatic rings. The summed E-state index contributed by atoms with van der Waals surface area (Å²) in [6.45, 7) is 0. The second kappa shape index (κ2) is 5.76. The number of ether oxygens (including phenoxy) is 1. The molecule has 2 rings (SSSR count). The van der Waals surface area contributed by atoms with E-state index < -0.39 is 28.9 Å². The molecule has 0 heterocycles. The maximum atomic E-state index is 13.7. The largest absolute Gasteiger partial charge is 0.478 e. The van der Waals surface area contributed by atoms with E-state index in [-0.39, 0.29) is 5.75 Å². The first-order valence-corrected chi connectivity index (χ1v) is 6.41. The van der Waals surface area contributed by atoms with Gasteiger partial charge in [0.25, 0.3) is 0 Å². The number of aromatic carboxylic acids is 1. The minimum Gasteiger partial charge on any atom is -0.478 e. The molecule has 2 aromatic carbocycles. The first kappa shape index (κ1) is 14.7. The Kier molecular flexibility index (Phi) is 4.25. The molecule has 0 radical (unpaired) electrons. The van der Waals surface area contributed by atoms with Crippen LogP contribution in [0.25, 0.3) is 0 Å². The van der Waals surface area contributed by atoms with E-state index in [1.54, 1.807) is 0 Å². The van der Waals surface area contributed by atoms with Gasteiger partial charge in [0.05, 0.1) is 10.0 Å². The molecule has 0 unspecified atom stereocenters. The first-order valence-electron chi connectivity index (χ1n) is 5.23. The van der Waals surface area contributed by atoms with Crippen LogP contribution in [0.15, 0.2) is 34.8 Å². The van der Waals surface area contributed by atoms with Gasteiger partial charge in [0.15, 0.2) is 17.4 Å². The van der Waals surface area contributed by atoms with Crippen molar-refractivity contribution < 1.29 is 23.4 Å². The highest BCUT2D eigenvalue weighted by molar-refractivity contribution is 9.10. The SMILES string of the molecule is O=C(O)c1cc(F)c(Oc2ccc(Cl)cc2Br)c(F)c1. The van der Waals surface area contributed by atoms with Crippen LogP contribution >= 0.6 is 27.5 Å². The number of carbonyl (C=O) groups is 1. The van der Waals surface area contributed by atoms with Gasteiger partial charge < -0.3 is 9.84 Å². The Hall–Kier alpha value is -1.66. The van der Waals surface area contributed by atoms with Crippen molar-refractivity contribution in [2.45, 2.75) is 0 Å². The van der Waals surface area contributed by atoms with Crippen molar-refractivity contribution in [3.05, 3.63) is 57.0 Å². The monoisotopic (exact) mass is 362 g/mol. The quantitative estimate of drug-likeness (QED) is 0.846. The van der Waals surface area contributed by atoms with Crippen molar-refractivity contribution in [1.29, 1.82) is 0 Å². The maximum absolute atomic E-state index is 13.7. The highest BCUT2D eigenvalue weighted by Crippen LogP contribution is 2.34. The second-order valence-corrected chi connectivity index (χ2v) is 5.04. The molecule has 1 N–H and O–H groups in total. The van der Waals surface area contributed by atoms with Gasteiger partial charge in [0.1, 0.15) is 5.75 Å². The molecule has 0 saturated heterocycles. The molecule has 0 amide bonds. The van der Waals surface area contributed by atoms with Gasteiger partial charge in [-0.25, -0.2) is 13.6 Å². The molecule has 0 saturated carbocycles. The van der Waals surface area contributed by atoms with Crippen molar-refractivity contribution in [3.63, 3.8) is 0 Å². The lowest BCUT2D eigenvalue weighted by Gasteiger charge is -2.10. The predicted octanol–water partition coefficient (Wildman–Crippen LogP) is 4.87. The Morgan fingerprint density at radius 3 is 2.30 bits per heavy atom. The molecule has 2 aromatic rings. The van der Waals surface area contributed by atoms with Crippen LogP contribution in [0.2, 0.25) is 5.02 Å². The zero-order valence-corrected chi connectivity index (χ0v) is 12.0. The van der Waals surface area contributed by atoms with Crippen LogP contribution in [0.5, 0.6) is 11.5 Å². The summed E-state index contributed by atoms with van der Waals surface area (Å²) in [4.78, 5) is 10.7. The van der Waals surface area contributed by atoms with Gasteiger partial charge >= 0.3 is 5.97 Å². The predicted molar refractivity (Wildman–Crippen MR) is 72.5 cm³/mol. The van der Waals surface area contributed by atoms with Crippen LogP contribution < -0.4 is 4.74 Å². The lowest BCUT2D eigenvalue weighted by Crippen LogP contribution is -2.01. The average Bonchev–Trinajstić information content (AvgIpc) is 2.35. The van der Waals surface area contributed by atoms with Gasteiger partial charge in [-0.3, -0.25) is 0 Å². The Morgan fingerprint density at radius 2 is 1.80 bits per heavy atom. The maximum Gasteiger partial charge on any atom is 0.335 e.